The average molecular weight is 312 g/mol. The largest absolute Gasteiger partial charge is 0.507 e. The molecule has 0 spiro atoms. The lowest BCUT2D eigenvalue weighted by Gasteiger charge is -2.09. The predicted octanol–water partition coefficient (Wildman–Crippen LogP) is 1.56. The fourth-order valence-corrected chi connectivity index (χ4v) is 1.72. The van der Waals surface area contributed by atoms with Gasteiger partial charge in [0.1, 0.15) is 11.6 Å². The summed E-state index contributed by atoms with van der Waals surface area (Å²) in [5.74, 6) is -0.590. The van der Waals surface area contributed by atoms with Crippen LogP contribution < -0.4 is 16.2 Å². The third kappa shape index (κ3) is 4.85. The summed E-state index contributed by atoms with van der Waals surface area (Å²) in [4.78, 5) is 27.6. The molecule has 2 rings (SSSR count). The molecule has 7 heteroatoms. The maximum Gasteiger partial charge on any atom is 0.273 e. The number of aromatic nitrogens is 1. The number of rotatable bonds is 5. The number of carbonyl (C=O) groups is 2. The summed E-state index contributed by atoms with van der Waals surface area (Å²) in [5.41, 5.74) is 5.54. The molecular formula is C16H16N4O3. The molecule has 0 fully saturated rings. The lowest BCUT2D eigenvalue weighted by Crippen LogP contribution is -2.36. The number of amides is 2. The van der Waals surface area contributed by atoms with Gasteiger partial charge in [-0.2, -0.15) is 0 Å². The van der Waals surface area contributed by atoms with Gasteiger partial charge in [0.2, 0.25) is 0 Å². The van der Waals surface area contributed by atoms with Gasteiger partial charge in [0.15, 0.2) is 0 Å². The van der Waals surface area contributed by atoms with Gasteiger partial charge in [-0.15, -0.1) is 0 Å². The fourth-order valence-electron chi connectivity index (χ4n) is 1.72. The van der Waals surface area contributed by atoms with E-state index in [1.165, 1.54) is 18.2 Å². The molecule has 0 radical (unpaired) electrons. The van der Waals surface area contributed by atoms with Gasteiger partial charge in [-0.1, -0.05) is 18.2 Å². The summed E-state index contributed by atoms with van der Waals surface area (Å²) < 4.78 is 0. The smallest absolute Gasteiger partial charge is 0.273 e. The van der Waals surface area contributed by atoms with E-state index in [2.05, 4.69) is 21.2 Å². The van der Waals surface area contributed by atoms with E-state index in [4.69, 9.17) is 0 Å². The number of hydrazine groups is 1. The first-order valence-electron chi connectivity index (χ1n) is 6.81. The van der Waals surface area contributed by atoms with Gasteiger partial charge in [0, 0.05) is 18.0 Å². The van der Waals surface area contributed by atoms with E-state index in [1.54, 1.807) is 43.5 Å². The molecule has 2 aromatic rings. The monoisotopic (exact) mass is 312 g/mol. The quantitative estimate of drug-likeness (QED) is 0.495. The minimum absolute atomic E-state index is 0.124. The second-order valence-corrected chi connectivity index (χ2v) is 4.63. The van der Waals surface area contributed by atoms with E-state index in [-0.39, 0.29) is 17.2 Å². The van der Waals surface area contributed by atoms with Crippen molar-refractivity contribution >= 4 is 17.6 Å². The van der Waals surface area contributed by atoms with Crippen LogP contribution in [0.25, 0.3) is 0 Å². The number of phenols is 1. The van der Waals surface area contributed by atoms with Crippen molar-refractivity contribution in [3.63, 3.8) is 0 Å². The second-order valence-electron chi connectivity index (χ2n) is 4.63. The number of hydrogen-bond acceptors (Lipinski definition) is 5. The lowest BCUT2D eigenvalue weighted by molar-refractivity contribution is -0.112. The van der Waals surface area contributed by atoms with Crippen LogP contribution in [0, 0.1) is 0 Å². The van der Waals surface area contributed by atoms with E-state index in [0.29, 0.717) is 11.5 Å². The van der Waals surface area contributed by atoms with Gasteiger partial charge in [0.25, 0.3) is 11.8 Å². The normalized spacial score (nSPS) is 10.7. The summed E-state index contributed by atoms with van der Waals surface area (Å²) in [5, 5.41) is 12.2. The molecule has 1 heterocycles. The third-order valence-corrected chi connectivity index (χ3v) is 2.79. The van der Waals surface area contributed by atoms with E-state index in [9.17, 15) is 14.7 Å². The molecule has 0 aliphatic carbocycles. The number of para-hydroxylation sites is 1. The van der Waals surface area contributed by atoms with Crippen LogP contribution in [-0.4, -0.2) is 21.9 Å². The highest BCUT2D eigenvalue weighted by Crippen LogP contribution is 2.14. The van der Waals surface area contributed by atoms with Crippen molar-refractivity contribution in [2.24, 2.45) is 0 Å². The minimum atomic E-state index is -0.513. The topological polar surface area (TPSA) is 103 Å². The zero-order valence-electron chi connectivity index (χ0n) is 12.4. The summed E-state index contributed by atoms with van der Waals surface area (Å²) in [6.07, 6.45) is 2.84. The van der Waals surface area contributed by atoms with Crippen molar-refractivity contribution < 1.29 is 14.7 Å². The van der Waals surface area contributed by atoms with Crippen LogP contribution >= 0.6 is 0 Å². The van der Waals surface area contributed by atoms with Crippen molar-refractivity contribution in [2.75, 3.05) is 5.32 Å². The Bertz CT molecular complexity index is 729. The molecule has 0 saturated heterocycles. The van der Waals surface area contributed by atoms with Crippen molar-refractivity contribution in [2.45, 2.75) is 6.92 Å². The maximum absolute atomic E-state index is 11.9. The number of hydrogen-bond donors (Lipinski definition) is 4. The Morgan fingerprint density at radius 3 is 2.52 bits per heavy atom. The Kier molecular flexibility index (Phi) is 5.30. The average Bonchev–Trinajstić information content (AvgIpc) is 2.54. The second kappa shape index (κ2) is 7.60. The molecule has 0 aliphatic heterocycles. The highest BCUT2D eigenvalue weighted by atomic mass is 16.3. The number of benzene rings is 1. The molecule has 0 unspecified atom stereocenters. The van der Waals surface area contributed by atoms with Gasteiger partial charge in [-0.3, -0.25) is 15.0 Å². The van der Waals surface area contributed by atoms with Crippen molar-refractivity contribution in [1.29, 1.82) is 0 Å². The highest BCUT2D eigenvalue weighted by Gasteiger charge is 2.09. The molecule has 7 nitrogen and oxygen atoms in total. The van der Waals surface area contributed by atoms with Crippen LogP contribution in [0.5, 0.6) is 5.75 Å². The number of phenolic OH excluding ortho intramolecular Hbond substituents is 1. The van der Waals surface area contributed by atoms with Gasteiger partial charge in [0.05, 0.1) is 5.56 Å². The van der Waals surface area contributed by atoms with Crippen LogP contribution in [0.3, 0.4) is 0 Å². The minimum Gasteiger partial charge on any atom is -0.507 e. The summed E-state index contributed by atoms with van der Waals surface area (Å²) >= 11 is 0. The summed E-state index contributed by atoms with van der Waals surface area (Å²) in [6.45, 7) is 1.61. The van der Waals surface area contributed by atoms with Gasteiger partial charge in [-0.25, -0.2) is 4.98 Å². The third-order valence-electron chi connectivity index (χ3n) is 2.79. The van der Waals surface area contributed by atoms with Crippen LogP contribution in [0.1, 0.15) is 17.3 Å². The van der Waals surface area contributed by atoms with E-state index in [1.807, 2.05) is 0 Å². The number of nitrogens with zero attached hydrogens (tertiary/aromatic N) is 1. The zero-order valence-corrected chi connectivity index (χ0v) is 12.4. The summed E-state index contributed by atoms with van der Waals surface area (Å²) in [6, 6.07) is 11.3. The van der Waals surface area contributed by atoms with Gasteiger partial charge >= 0.3 is 0 Å². The van der Waals surface area contributed by atoms with Crippen LogP contribution in [0.4, 0.5) is 5.82 Å². The Morgan fingerprint density at radius 1 is 1.09 bits per heavy atom. The molecule has 4 N–H and O–H groups in total. The Balaban J connectivity index is 1.89. The van der Waals surface area contributed by atoms with Gasteiger partial charge in [-0.05, 0) is 31.2 Å². The van der Waals surface area contributed by atoms with Crippen LogP contribution in [0.2, 0.25) is 0 Å². The molecule has 0 saturated carbocycles. The molecule has 2 amide bonds. The number of aromatic hydroxyl groups is 1. The molecule has 0 aliphatic rings. The number of anilines is 1. The first-order chi connectivity index (χ1) is 11.1. The van der Waals surface area contributed by atoms with E-state index < -0.39 is 5.91 Å². The Hall–Kier alpha value is -3.35. The molecule has 118 valence electrons. The number of pyridine rings is 1. The number of nitrogens with one attached hydrogen (secondary N) is 3. The van der Waals surface area contributed by atoms with E-state index >= 15 is 0 Å². The predicted molar refractivity (Wildman–Crippen MR) is 85.3 cm³/mol. The first-order valence-corrected chi connectivity index (χ1v) is 6.81. The van der Waals surface area contributed by atoms with Gasteiger partial charge < -0.3 is 15.8 Å². The molecule has 23 heavy (non-hydrogen) atoms. The maximum atomic E-state index is 11.9. The standard InChI is InChI=1S/C16H16N4O3/c1-11(10-15(22)18-14-8-4-5-9-17-14)19-20-16(23)12-6-2-3-7-13(12)21/h2-10,19,21H,1H3,(H,20,23)(H,17,18,22)/b11-10-. The van der Waals surface area contributed by atoms with Crippen molar-refractivity contribution in [3.05, 3.63) is 66.0 Å². The lowest BCUT2D eigenvalue weighted by atomic mass is 10.2. The number of allylic oxidation sites excluding steroid dienone is 1. The Morgan fingerprint density at radius 2 is 1.83 bits per heavy atom. The van der Waals surface area contributed by atoms with Crippen LogP contribution in [-0.2, 0) is 4.79 Å². The van der Waals surface area contributed by atoms with E-state index in [0.717, 1.165) is 0 Å². The zero-order chi connectivity index (χ0) is 16.7. The number of carbonyl (C=O) groups excluding carboxylic acids is 2. The summed E-state index contributed by atoms with van der Waals surface area (Å²) in [7, 11) is 0. The fraction of sp³-hybridized carbons (Fsp3) is 0.0625. The SMILES string of the molecule is C/C(=C/C(=O)Nc1ccccn1)NNC(=O)c1ccccc1O. The van der Waals surface area contributed by atoms with Crippen molar-refractivity contribution in [3.8, 4) is 5.75 Å². The molecule has 0 bridgehead atoms. The Labute approximate surface area is 133 Å². The molecule has 1 aromatic carbocycles. The molecule has 1 aromatic heterocycles. The first kappa shape index (κ1) is 16.0. The highest BCUT2D eigenvalue weighted by molar-refractivity contribution is 5.99. The van der Waals surface area contributed by atoms with Crippen molar-refractivity contribution in [1.82, 2.24) is 15.8 Å². The molecule has 0 atom stereocenters. The van der Waals surface area contributed by atoms with Crippen LogP contribution in [0.15, 0.2) is 60.4 Å². The molecular weight excluding hydrogens is 296 g/mol.